The van der Waals surface area contributed by atoms with Crippen LogP contribution in [0.1, 0.15) is 11.1 Å². The number of carbonyl (C=O) groups is 1. The van der Waals surface area contributed by atoms with E-state index in [4.69, 9.17) is 10.00 Å². The molecule has 1 aromatic rings. The number of hydrogen-bond donors (Lipinski definition) is 0. The fraction of sp³-hybridized carbons (Fsp3) is 0.300. The van der Waals surface area contributed by atoms with E-state index in [-0.39, 0.29) is 25.0 Å². The van der Waals surface area contributed by atoms with Crippen LogP contribution in [0.2, 0.25) is 0 Å². The first-order chi connectivity index (χ1) is 13.8. The molecule has 0 aliphatic carbocycles. The first-order valence-corrected chi connectivity index (χ1v) is 8.78. The van der Waals surface area contributed by atoms with Crippen molar-refractivity contribution in [3.63, 3.8) is 0 Å². The molecule has 0 spiro atoms. The van der Waals surface area contributed by atoms with Crippen LogP contribution in [0, 0.1) is 17.2 Å². The summed E-state index contributed by atoms with van der Waals surface area (Å²) < 4.78 is 46.0. The normalized spacial score (nSPS) is 22.6. The summed E-state index contributed by atoms with van der Waals surface area (Å²) in [5.74, 6) is -0.511. The lowest BCUT2D eigenvalue weighted by molar-refractivity contribution is -0.455. The molecule has 1 amide bonds. The van der Waals surface area contributed by atoms with E-state index in [9.17, 15) is 18.0 Å². The first-order valence-electron chi connectivity index (χ1n) is 8.78. The number of carbonyl (C=O) groups excluding carboxylic acids is 1. The fourth-order valence-electron chi connectivity index (χ4n) is 3.14. The van der Waals surface area contributed by atoms with E-state index in [0.717, 1.165) is 12.1 Å². The lowest BCUT2D eigenvalue weighted by Crippen LogP contribution is -2.28. The molecule has 1 aromatic carbocycles. The van der Waals surface area contributed by atoms with Crippen molar-refractivity contribution in [2.75, 3.05) is 13.1 Å². The van der Waals surface area contributed by atoms with Gasteiger partial charge in [0.15, 0.2) is 6.21 Å². The molecular formula is C20H18F3N4O2+. The third kappa shape index (κ3) is 4.97. The van der Waals surface area contributed by atoms with E-state index in [2.05, 4.69) is 11.7 Å². The molecule has 1 unspecified atom stereocenters. The molecule has 1 fully saturated rings. The molecule has 2 atom stereocenters. The Hall–Kier alpha value is -3.25. The van der Waals surface area contributed by atoms with Gasteiger partial charge in [0.05, 0.1) is 24.2 Å². The molecule has 2 aliphatic heterocycles. The Bertz CT molecular complexity index is 944. The second kappa shape index (κ2) is 8.41. The van der Waals surface area contributed by atoms with Crippen LogP contribution >= 0.6 is 0 Å². The molecule has 9 heteroatoms. The average molecular weight is 403 g/mol. The molecule has 2 heterocycles. The molecule has 150 valence electrons. The predicted octanol–water partition coefficient (Wildman–Crippen LogP) is 2.73. The highest BCUT2D eigenvalue weighted by molar-refractivity contribution is 5.88. The van der Waals surface area contributed by atoms with Crippen molar-refractivity contribution in [2.24, 2.45) is 11.0 Å². The van der Waals surface area contributed by atoms with Crippen LogP contribution in [-0.4, -0.2) is 47.1 Å². The number of amides is 1. The van der Waals surface area contributed by atoms with Crippen molar-refractivity contribution in [3.8, 4) is 6.07 Å². The van der Waals surface area contributed by atoms with Crippen molar-refractivity contribution in [1.29, 1.82) is 5.26 Å². The maximum absolute atomic E-state index is 12.9. The fourth-order valence-corrected chi connectivity index (χ4v) is 3.14. The second-order valence-electron chi connectivity index (χ2n) is 6.63. The Morgan fingerprint density at radius 1 is 1.45 bits per heavy atom. The maximum atomic E-state index is 12.9. The second-order valence-corrected chi connectivity index (χ2v) is 6.63. The van der Waals surface area contributed by atoms with Gasteiger partial charge in [-0.2, -0.15) is 18.4 Å². The Labute approximate surface area is 165 Å². The Kier molecular flexibility index (Phi) is 5.94. The number of ether oxygens (including phenoxy) is 1. The van der Waals surface area contributed by atoms with Gasteiger partial charge in [-0.1, -0.05) is 23.4 Å². The zero-order valence-electron chi connectivity index (χ0n) is 15.3. The molecule has 3 rings (SSSR count). The van der Waals surface area contributed by atoms with Crippen molar-refractivity contribution in [1.82, 2.24) is 4.90 Å². The molecule has 0 radical (unpaired) electrons. The van der Waals surface area contributed by atoms with Crippen LogP contribution in [0.25, 0.3) is 0 Å². The Morgan fingerprint density at radius 3 is 2.90 bits per heavy atom. The molecular weight excluding hydrogens is 385 g/mol. The van der Waals surface area contributed by atoms with E-state index in [1.165, 1.54) is 23.0 Å². The van der Waals surface area contributed by atoms with E-state index >= 15 is 0 Å². The monoisotopic (exact) mass is 403 g/mol. The number of allylic oxidation sites excluding steroid dienone is 1. The Balaban J connectivity index is 1.75. The minimum atomic E-state index is -4.43. The maximum Gasteiger partial charge on any atom is 0.416 e. The van der Waals surface area contributed by atoms with Gasteiger partial charge in [0.2, 0.25) is 12.1 Å². The largest absolute Gasteiger partial charge is 0.416 e. The number of likely N-dealkylation sites (tertiary alicyclic amines) is 1. The van der Waals surface area contributed by atoms with E-state index in [1.807, 2.05) is 6.07 Å². The third-order valence-electron chi connectivity index (χ3n) is 4.59. The molecule has 1 saturated heterocycles. The van der Waals surface area contributed by atoms with Gasteiger partial charge >= 0.3 is 6.18 Å². The number of nitrogens with zero attached hydrogens (tertiary/aromatic N) is 4. The summed E-state index contributed by atoms with van der Waals surface area (Å²) in [5, 5.41) is 13.0. The number of rotatable bonds is 5. The molecule has 0 N–H and O–H groups in total. The average Bonchev–Trinajstić information content (AvgIpc) is 3.32. The summed E-state index contributed by atoms with van der Waals surface area (Å²) >= 11 is 0. The Morgan fingerprint density at radius 2 is 2.24 bits per heavy atom. The van der Waals surface area contributed by atoms with Gasteiger partial charge in [-0.15, -0.1) is 0 Å². The molecule has 0 saturated carbocycles. The minimum Gasteiger partial charge on any atom is -0.371 e. The summed E-state index contributed by atoms with van der Waals surface area (Å²) in [6.07, 6.45) is 1.02. The van der Waals surface area contributed by atoms with Crippen LogP contribution in [0.15, 0.2) is 53.8 Å². The highest BCUT2D eigenvalue weighted by atomic mass is 19.4. The van der Waals surface area contributed by atoms with Gasteiger partial charge in [0, 0.05) is 13.1 Å². The molecule has 29 heavy (non-hydrogen) atoms. The van der Waals surface area contributed by atoms with Crippen LogP contribution in [0.4, 0.5) is 13.2 Å². The van der Waals surface area contributed by atoms with Gasteiger partial charge < -0.3 is 9.64 Å². The van der Waals surface area contributed by atoms with E-state index in [1.54, 1.807) is 23.4 Å². The number of alkyl halides is 3. The molecule has 0 aromatic heterocycles. The molecule has 0 bridgehead atoms. The smallest absolute Gasteiger partial charge is 0.371 e. The lowest BCUT2D eigenvalue weighted by Gasteiger charge is -2.16. The topological polar surface area (TPSA) is 68.7 Å². The van der Waals surface area contributed by atoms with Crippen LogP contribution in [0.5, 0.6) is 0 Å². The van der Waals surface area contributed by atoms with Gasteiger partial charge in [-0.25, -0.2) is 0 Å². The van der Waals surface area contributed by atoms with Crippen molar-refractivity contribution < 1.29 is 27.4 Å². The van der Waals surface area contributed by atoms with Crippen LogP contribution < -0.4 is 0 Å². The van der Waals surface area contributed by atoms with Crippen molar-refractivity contribution in [3.05, 3.63) is 59.8 Å². The zero-order chi connectivity index (χ0) is 21.0. The number of halogens is 3. The number of benzene rings is 1. The number of hydrogen-bond acceptors (Lipinski definition) is 4. The van der Waals surface area contributed by atoms with Crippen LogP contribution in [0.3, 0.4) is 0 Å². The highest BCUT2D eigenvalue weighted by Gasteiger charge is 2.37. The molecule has 6 nitrogen and oxygen atoms in total. The van der Waals surface area contributed by atoms with Crippen molar-refractivity contribution >= 4 is 18.3 Å². The van der Waals surface area contributed by atoms with Gasteiger partial charge in [-0.3, -0.25) is 4.79 Å². The quantitative estimate of drug-likeness (QED) is 0.561. The SMILES string of the molecule is C=CC(=O)N1CC(/C=[N+]2/C=C(C#N)C=N2)[C@H](OCc2cccc(C(F)(F)F)c2)C1. The standard InChI is InChI=1S/C20H18F3N4O2/c1-2-19(28)26-10-16(11-27-9-15(7-24)8-25-27)18(12-26)29-13-14-4-3-5-17(6-14)20(21,22)23/h2-6,8-9,11,16,18H,1,10,12-13H2/q+1/b27-11-/t16?,18-/m1/s1. The summed E-state index contributed by atoms with van der Waals surface area (Å²) in [7, 11) is 0. The van der Waals surface area contributed by atoms with E-state index < -0.39 is 17.8 Å². The van der Waals surface area contributed by atoms with Gasteiger partial charge in [0.1, 0.15) is 17.9 Å². The van der Waals surface area contributed by atoms with Crippen LogP contribution in [-0.2, 0) is 22.3 Å². The molecule has 2 aliphatic rings. The summed E-state index contributed by atoms with van der Waals surface area (Å²) in [4.78, 5) is 13.5. The van der Waals surface area contributed by atoms with Gasteiger partial charge in [0.25, 0.3) is 0 Å². The lowest BCUT2D eigenvalue weighted by atomic mass is 10.1. The van der Waals surface area contributed by atoms with Gasteiger partial charge in [-0.05, 0) is 28.9 Å². The minimum absolute atomic E-state index is 0.0302. The summed E-state index contributed by atoms with van der Waals surface area (Å²) in [6.45, 7) is 4.07. The third-order valence-corrected chi connectivity index (χ3v) is 4.59. The van der Waals surface area contributed by atoms with Crippen molar-refractivity contribution in [2.45, 2.75) is 18.9 Å². The first kappa shape index (κ1) is 20.5. The highest BCUT2D eigenvalue weighted by Crippen LogP contribution is 2.30. The summed E-state index contributed by atoms with van der Waals surface area (Å²) in [6, 6.07) is 6.92. The summed E-state index contributed by atoms with van der Waals surface area (Å²) in [5.41, 5.74) is 0.0369. The van der Waals surface area contributed by atoms with E-state index in [0.29, 0.717) is 17.7 Å². The predicted molar refractivity (Wildman–Crippen MR) is 98.8 cm³/mol. The zero-order valence-corrected chi connectivity index (χ0v) is 15.3. The number of nitriles is 1. The number of hydrazone groups is 1.